The van der Waals surface area contributed by atoms with Crippen LogP contribution in [0.1, 0.15) is 48.0 Å². The number of likely N-dealkylation sites (tertiary alicyclic amines) is 1. The third-order valence-electron chi connectivity index (χ3n) is 4.51. The molecule has 1 aliphatic heterocycles. The van der Waals surface area contributed by atoms with Crippen molar-refractivity contribution in [1.29, 1.82) is 0 Å². The van der Waals surface area contributed by atoms with E-state index in [1.54, 1.807) is 32.9 Å². The van der Waals surface area contributed by atoms with Crippen LogP contribution >= 0.6 is 11.6 Å². The van der Waals surface area contributed by atoms with Crippen molar-refractivity contribution in [3.8, 4) is 5.88 Å². The van der Waals surface area contributed by atoms with E-state index in [0.717, 1.165) is 6.29 Å². The first-order chi connectivity index (χ1) is 13.8. The van der Waals surface area contributed by atoms with Crippen LogP contribution in [0.2, 0.25) is 5.02 Å². The zero-order valence-corrected chi connectivity index (χ0v) is 19.0. The number of amides is 2. The Labute approximate surface area is 182 Å². The van der Waals surface area contributed by atoms with E-state index in [4.69, 9.17) is 21.1 Å². The van der Waals surface area contributed by atoms with Crippen molar-refractivity contribution in [3.63, 3.8) is 0 Å². The lowest BCUT2D eigenvalue weighted by atomic mass is 9.85. The Morgan fingerprint density at radius 1 is 1.27 bits per heavy atom. The number of pyridine rings is 1. The van der Waals surface area contributed by atoms with Crippen molar-refractivity contribution in [3.05, 3.63) is 23.4 Å². The molecule has 1 aliphatic rings. The molecule has 1 N–H and O–H groups in total. The molecule has 2 amide bonds. The highest BCUT2D eigenvalue weighted by atomic mass is 35.5. The lowest BCUT2D eigenvalue weighted by Gasteiger charge is -2.35. The molecular formula is C21H30ClN3O5. The summed E-state index contributed by atoms with van der Waals surface area (Å²) in [5.74, 6) is 0.00299. The molecule has 3 atom stereocenters. The number of hydrogen-bond acceptors (Lipinski definition) is 6. The number of carbonyl (C=O) groups excluding carboxylic acids is 3. The molecule has 1 fully saturated rings. The van der Waals surface area contributed by atoms with Crippen molar-refractivity contribution in [2.75, 3.05) is 6.54 Å². The maximum atomic E-state index is 13.3. The van der Waals surface area contributed by atoms with Gasteiger partial charge in [0.1, 0.15) is 24.0 Å². The largest absolute Gasteiger partial charge is 0.472 e. The van der Waals surface area contributed by atoms with E-state index in [-0.39, 0.29) is 12.5 Å². The summed E-state index contributed by atoms with van der Waals surface area (Å²) < 4.78 is 11.1. The van der Waals surface area contributed by atoms with Gasteiger partial charge in [-0.25, -0.2) is 9.78 Å². The number of ether oxygens (including phenoxy) is 2. The van der Waals surface area contributed by atoms with Gasteiger partial charge in [0, 0.05) is 18.7 Å². The molecule has 1 unspecified atom stereocenters. The van der Waals surface area contributed by atoms with Crippen LogP contribution in [0, 0.1) is 5.41 Å². The first kappa shape index (κ1) is 23.9. The van der Waals surface area contributed by atoms with Gasteiger partial charge in [-0.2, -0.15) is 0 Å². The number of nitrogens with one attached hydrogen (secondary N) is 1. The number of aldehydes is 1. The second kappa shape index (κ2) is 9.20. The van der Waals surface area contributed by atoms with Crippen molar-refractivity contribution in [1.82, 2.24) is 15.2 Å². The molecule has 0 bridgehead atoms. The maximum Gasteiger partial charge on any atom is 0.408 e. The van der Waals surface area contributed by atoms with Crippen LogP contribution in [0.5, 0.6) is 5.88 Å². The predicted molar refractivity (Wildman–Crippen MR) is 112 cm³/mol. The average molecular weight is 440 g/mol. The minimum atomic E-state index is -0.873. The molecule has 30 heavy (non-hydrogen) atoms. The van der Waals surface area contributed by atoms with E-state index < -0.39 is 35.3 Å². The zero-order valence-electron chi connectivity index (χ0n) is 18.3. The fourth-order valence-electron chi connectivity index (χ4n) is 3.14. The molecule has 0 spiro atoms. The minimum Gasteiger partial charge on any atom is -0.472 e. The Kier molecular flexibility index (Phi) is 7.34. The van der Waals surface area contributed by atoms with Gasteiger partial charge in [0.15, 0.2) is 0 Å². The summed E-state index contributed by atoms with van der Waals surface area (Å²) in [6.45, 7) is 11.0. The third kappa shape index (κ3) is 6.58. The van der Waals surface area contributed by atoms with Crippen LogP contribution in [-0.2, 0) is 14.3 Å². The molecule has 2 heterocycles. The molecular weight excluding hydrogens is 410 g/mol. The summed E-state index contributed by atoms with van der Waals surface area (Å²) in [6.07, 6.45) is 1.44. The van der Waals surface area contributed by atoms with Gasteiger partial charge in [0.2, 0.25) is 11.8 Å². The number of halogens is 1. The summed E-state index contributed by atoms with van der Waals surface area (Å²) >= 11 is 5.84. The molecule has 0 saturated carbocycles. The smallest absolute Gasteiger partial charge is 0.408 e. The van der Waals surface area contributed by atoms with Gasteiger partial charge in [-0.05, 0) is 32.3 Å². The second-order valence-corrected chi connectivity index (χ2v) is 9.87. The van der Waals surface area contributed by atoms with Crippen LogP contribution in [-0.4, -0.2) is 58.5 Å². The van der Waals surface area contributed by atoms with Gasteiger partial charge >= 0.3 is 6.09 Å². The van der Waals surface area contributed by atoms with Crippen LogP contribution in [0.3, 0.4) is 0 Å². The number of nitrogens with zero attached hydrogens (tertiary/aromatic N) is 2. The fourth-order valence-corrected chi connectivity index (χ4v) is 3.25. The van der Waals surface area contributed by atoms with E-state index in [1.165, 1.54) is 11.1 Å². The second-order valence-electron chi connectivity index (χ2n) is 9.43. The van der Waals surface area contributed by atoms with E-state index >= 15 is 0 Å². The Bertz CT molecular complexity index is 770. The van der Waals surface area contributed by atoms with Gasteiger partial charge in [-0.15, -0.1) is 0 Å². The third-order valence-corrected chi connectivity index (χ3v) is 4.73. The molecule has 166 valence electrons. The van der Waals surface area contributed by atoms with Gasteiger partial charge in [0.25, 0.3) is 0 Å². The van der Waals surface area contributed by atoms with E-state index in [9.17, 15) is 14.4 Å². The van der Waals surface area contributed by atoms with E-state index in [1.807, 2.05) is 20.8 Å². The number of aromatic nitrogens is 1. The van der Waals surface area contributed by atoms with Gasteiger partial charge in [-0.1, -0.05) is 32.4 Å². The summed E-state index contributed by atoms with van der Waals surface area (Å²) in [5.41, 5.74) is -1.29. The normalized spacial score (nSPS) is 20.4. The molecule has 1 aromatic heterocycles. The Hall–Kier alpha value is -2.35. The molecule has 0 aliphatic carbocycles. The highest BCUT2D eigenvalue weighted by Gasteiger charge is 2.43. The van der Waals surface area contributed by atoms with Crippen LogP contribution in [0.25, 0.3) is 0 Å². The van der Waals surface area contributed by atoms with Gasteiger partial charge < -0.3 is 24.5 Å². The highest BCUT2D eigenvalue weighted by Crippen LogP contribution is 2.27. The lowest BCUT2D eigenvalue weighted by Crippen LogP contribution is -2.56. The molecule has 1 aromatic rings. The quantitative estimate of drug-likeness (QED) is 0.707. The first-order valence-electron chi connectivity index (χ1n) is 9.83. The molecule has 8 nitrogen and oxygen atoms in total. The zero-order chi connectivity index (χ0) is 22.7. The molecule has 0 radical (unpaired) electrons. The maximum absolute atomic E-state index is 13.3. The van der Waals surface area contributed by atoms with E-state index in [0.29, 0.717) is 17.3 Å². The van der Waals surface area contributed by atoms with Crippen LogP contribution < -0.4 is 10.1 Å². The van der Waals surface area contributed by atoms with Gasteiger partial charge in [-0.3, -0.25) is 4.79 Å². The molecule has 0 aromatic carbocycles. The van der Waals surface area contributed by atoms with Crippen LogP contribution in [0.15, 0.2) is 18.3 Å². The SMILES string of the molecule is CC(C)(C)OC(=O)N[C@H](C(=O)N1C[C@H](Oc2ccc(Cl)cn2)CC1C=O)C(C)(C)C. The predicted octanol–water partition coefficient (Wildman–Crippen LogP) is 3.22. The summed E-state index contributed by atoms with van der Waals surface area (Å²) in [5, 5.41) is 3.15. The van der Waals surface area contributed by atoms with Crippen molar-refractivity contribution in [2.24, 2.45) is 5.41 Å². The Morgan fingerprint density at radius 2 is 1.93 bits per heavy atom. The number of alkyl carbamates (subject to hydrolysis) is 1. The minimum absolute atomic E-state index is 0.203. The van der Waals surface area contributed by atoms with Crippen molar-refractivity contribution >= 4 is 29.9 Å². The summed E-state index contributed by atoms with van der Waals surface area (Å²) in [4.78, 5) is 42.8. The Morgan fingerprint density at radius 3 is 2.43 bits per heavy atom. The van der Waals surface area contributed by atoms with Crippen LogP contribution in [0.4, 0.5) is 4.79 Å². The Balaban J connectivity index is 2.14. The number of hydrogen-bond donors (Lipinski definition) is 1. The first-order valence-corrected chi connectivity index (χ1v) is 10.2. The van der Waals surface area contributed by atoms with E-state index in [2.05, 4.69) is 10.3 Å². The molecule has 9 heteroatoms. The lowest BCUT2D eigenvalue weighted by molar-refractivity contribution is -0.139. The number of carbonyl (C=O) groups is 3. The van der Waals surface area contributed by atoms with Gasteiger partial charge in [0.05, 0.1) is 17.6 Å². The topological polar surface area (TPSA) is 97.8 Å². The molecule has 2 rings (SSSR count). The summed E-state index contributed by atoms with van der Waals surface area (Å²) in [6, 6.07) is 1.76. The highest BCUT2D eigenvalue weighted by molar-refractivity contribution is 6.30. The number of rotatable bonds is 5. The van der Waals surface area contributed by atoms with Crippen molar-refractivity contribution in [2.45, 2.75) is 71.8 Å². The molecule has 1 saturated heterocycles. The summed E-state index contributed by atoms with van der Waals surface area (Å²) in [7, 11) is 0. The average Bonchev–Trinajstić information content (AvgIpc) is 3.01. The fraction of sp³-hybridized carbons (Fsp3) is 0.619. The van der Waals surface area contributed by atoms with Crippen molar-refractivity contribution < 1.29 is 23.9 Å². The monoisotopic (exact) mass is 439 g/mol. The standard InChI is InChI=1S/C21H30ClN3O5/c1-20(2,3)17(24-19(28)30-21(4,5)6)18(27)25-11-15(9-14(25)12-26)29-16-8-7-13(22)10-23-16/h7-8,10,12,14-15,17H,9,11H2,1-6H3,(H,24,28)/t14?,15-,17-/m1/s1.